The zero-order valence-electron chi connectivity index (χ0n) is 16.6. The van der Waals surface area contributed by atoms with Crippen LogP contribution >= 0.6 is 0 Å². The molecule has 4 rings (SSSR count). The number of rotatable bonds is 5. The van der Waals surface area contributed by atoms with Crippen LogP contribution < -0.4 is 5.32 Å². The van der Waals surface area contributed by atoms with Crippen LogP contribution in [0, 0.1) is 6.92 Å². The van der Waals surface area contributed by atoms with Gasteiger partial charge in [0.1, 0.15) is 11.6 Å². The number of ether oxygens (including phenoxy) is 1. The topological polar surface area (TPSA) is 67.3 Å². The quantitative estimate of drug-likeness (QED) is 0.714. The molecule has 0 radical (unpaired) electrons. The first-order valence-corrected chi connectivity index (χ1v) is 9.72. The summed E-state index contributed by atoms with van der Waals surface area (Å²) in [6.45, 7) is 3.23. The van der Waals surface area contributed by atoms with Crippen molar-refractivity contribution in [2.75, 3.05) is 25.5 Å². The number of aryl methyl sites for hydroxylation is 1. The Bertz CT molecular complexity index is 1010. The summed E-state index contributed by atoms with van der Waals surface area (Å²) >= 11 is 0. The highest BCUT2D eigenvalue weighted by Crippen LogP contribution is 2.23. The fraction of sp³-hybridized carbons (Fsp3) is 0.261. The van der Waals surface area contributed by atoms with Crippen LogP contribution in [0.1, 0.15) is 22.6 Å². The summed E-state index contributed by atoms with van der Waals surface area (Å²) in [6.07, 6.45) is 1.00. The van der Waals surface area contributed by atoms with E-state index in [0.717, 1.165) is 29.9 Å². The number of nitrogens with one attached hydrogen (secondary N) is 1. The largest absolute Gasteiger partial charge is 0.380 e. The predicted octanol–water partition coefficient (Wildman–Crippen LogP) is 4.06. The molecule has 2 heterocycles. The van der Waals surface area contributed by atoms with Gasteiger partial charge in [-0.05, 0) is 31.5 Å². The van der Waals surface area contributed by atoms with Crippen molar-refractivity contribution in [3.63, 3.8) is 0 Å². The van der Waals surface area contributed by atoms with Crippen molar-refractivity contribution in [2.24, 2.45) is 0 Å². The van der Waals surface area contributed by atoms with Crippen molar-refractivity contribution in [1.82, 2.24) is 14.9 Å². The van der Waals surface area contributed by atoms with Crippen LogP contribution in [0.2, 0.25) is 0 Å². The standard InChI is InChI=1S/C23H24N4O2/c1-16-24-21(17-7-4-3-5-8-17)14-22(25-16)26-19-10-6-9-18(13-19)23(28)27-12-11-20(15-27)29-2/h3-10,13-14,20H,11-12,15H2,1-2H3,(H,24,25,26). The van der Waals surface area contributed by atoms with Gasteiger partial charge in [-0.3, -0.25) is 4.79 Å². The molecular weight excluding hydrogens is 364 g/mol. The Morgan fingerprint density at radius 3 is 2.69 bits per heavy atom. The molecule has 0 spiro atoms. The van der Waals surface area contributed by atoms with Crippen LogP contribution in [0.5, 0.6) is 0 Å². The molecule has 1 fully saturated rings. The fourth-order valence-corrected chi connectivity index (χ4v) is 3.55. The number of hydrogen-bond donors (Lipinski definition) is 1. The lowest BCUT2D eigenvalue weighted by molar-refractivity contribution is 0.0724. The molecule has 1 unspecified atom stereocenters. The highest BCUT2D eigenvalue weighted by Gasteiger charge is 2.26. The summed E-state index contributed by atoms with van der Waals surface area (Å²) in [6, 6.07) is 19.4. The van der Waals surface area contributed by atoms with Crippen molar-refractivity contribution in [2.45, 2.75) is 19.4 Å². The summed E-state index contributed by atoms with van der Waals surface area (Å²) in [5, 5.41) is 3.31. The van der Waals surface area contributed by atoms with E-state index in [9.17, 15) is 4.79 Å². The Kier molecular flexibility index (Phi) is 5.53. The van der Waals surface area contributed by atoms with Gasteiger partial charge in [0.15, 0.2) is 0 Å². The molecule has 0 bridgehead atoms. The second kappa shape index (κ2) is 8.41. The molecule has 6 heteroatoms. The average Bonchev–Trinajstić information content (AvgIpc) is 3.23. The molecule has 0 aliphatic carbocycles. The van der Waals surface area contributed by atoms with Gasteiger partial charge in [0.05, 0.1) is 11.8 Å². The molecule has 2 aromatic carbocycles. The van der Waals surface area contributed by atoms with E-state index in [0.29, 0.717) is 23.8 Å². The zero-order valence-corrected chi connectivity index (χ0v) is 16.6. The van der Waals surface area contributed by atoms with Crippen LogP contribution in [-0.4, -0.2) is 47.1 Å². The molecule has 1 atom stereocenters. The smallest absolute Gasteiger partial charge is 0.254 e. The van der Waals surface area contributed by atoms with Crippen molar-refractivity contribution in [3.05, 3.63) is 72.1 Å². The number of hydrogen-bond acceptors (Lipinski definition) is 5. The normalized spacial score (nSPS) is 16.1. The maximum absolute atomic E-state index is 12.8. The summed E-state index contributed by atoms with van der Waals surface area (Å²) in [5.41, 5.74) is 3.36. The number of carbonyl (C=O) groups is 1. The highest BCUT2D eigenvalue weighted by atomic mass is 16.5. The summed E-state index contributed by atoms with van der Waals surface area (Å²) < 4.78 is 5.37. The number of anilines is 2. The van der Waals surface area contributed by atoms with E-state index in [4.69, 9.17) is 4.74 Å². The Balaban J connectivity index is 1.54. The van der Waals surface area contributed by atoms with E-state index in [1.807, 2.05) is 72.5 Å². The summed E-state index contributed by atoms with van der Waals surface area (Å²) in [4.78, 5) is 23.7. The highest BCUT2D eigenvalue weighted by molar-refractivity contribution is 5.95. The molecule has 0 saturated carbocycles. The Morgan fingerprint density at radius 1 is 1.10 bits per heavy atom. The van der Waals surface area contributed by atoms with Crippen molar-refractivity contribution in [3.8, 4) is 11.3 Å². The van der Waals surface area contributed by atoms with E-state index < -0.39 is 0 Å². The predicted molar refractivity (Wildman–Crippen MR) is 113 cm³/mol. The molecule has 1 aromatic heterocycles. The molecule has 1 N–H and O–H groups in total. The summed E-state index contributed by atoms with van der Waals surface area (Å²) in [5.74, 6) is 1.40. The zero-order chi connectivity index (χ0) is 20.2. The van der Waals surface area contributed by atoms with Crippen LogP contribution in [0.3, 0.4) is 0 Å². The van der Waals surface area contributed by atoms with Gasteiger partial charge in [0, 0.05) is 43.1 Å². The number of nitrogens with zero attached hydrogens (tertiary/aromatic N) is 3. The SMILES string of the molecule is COC1CCN(C(=O)c2cccc(Nc3cc(-c4ccccc4)nc(C)n3)c2)C1. The second-order valence-electron chi connectivity index (χ2n) is 7.16. The molecule has 1 aliphatic rings. The lowest BCUT2D eigenvalue weighted by Gasteiger charge is -2.17. The molecule has 1 amide bonds. The van der Waals surface area contributed by atoms with Gasteiger partial charge in [0.2, 0.25) is 0 Å². The minimum absolute atomic E-state index is 0.0250. The number of amides is 1. The number of likely N-dealkylation sites (tertiary alicyclic amines) is 1. The molecule has 3 aromatic rings. The molecule has 29 heavy (non-hydrogen) atoms. The van der Waals surface area contributed by atoms with Crippen LogP contribution in [-0.2, 0) is 4.74 Å². The fourth-order valence-electron chi connectivity index (χ4n) is 3.55. The Hall–Kier alpha value is -3.25. The molecule has 1 saturated heterocycles. The molecular formula is C23H24N4O2. The van der Waals surface area contributed by atoms with E-state index in [1.165, 1.54) is 0 Å². The maximum Gasteiger partial charge on any atom is 0.254 e. The van der Waals surface area contributed by atoms with Gasteiger partial charge in [0.25, 0.3) is 5.91 Å². The number of methoxy groups -OCH3 is 1. The monoisotopic (exact) mass is 388 g/mol. The van der Waals surface area contributed by atoms with Crippen molar-refractivity contribution >= 4 is 17.4 Å². The molecule has 6 nitrogen and oxygen atoms in total. The minimum Gasteiger partial charge on any atom is -0.380 e. The Labute approximate surface area is 170 Å². The third-order valence-electron chi connectivity index (χ3n) is 5.05. The lowest BCUT2D eigenvalue weighted by Crippen LogP contribution is -2.29. The maximum atomic E-state index is 12.8. The average molecular weight is 388 g/mol. The number of carbonyl (C=O) groups excluding carboxylic acids is 1. The first-order valence-electron chi connectivity index (χ1n) is 9.72. The van der Waals surface area contributed by atoms with Crippen LogP contribution in [0.25, 0.3) is 11.3 Å². The first kappa shape index (κ1) is 19.1. The number of aromatic nitrogens is 2. The minimum atomic E-state index is 0.0250. The first-order chi connectivity index (χ1) is 14.1. The van der Waals surface area contributed by atoms with Crippen LogP contribution in [0.4, 0.5) is 11.5 Å². The van der Waals surface area contributed by atoms with Crippen molar-refractivity contribution < 1.29 is 9.53 Å². The van der Waals surface area contributed by atoms with Gasteiger partial charge in [-0.15, -0.1) is 0 Å². The lowest BCUT2D eigenvalue weighted by atomic mass is 10.1. The van der Waals surface area contributed by atoms with E-state index in [1.54, 1.807) is 7.11 Å². The molecule has 1 aliphatic heterocycles. The van der Waals surface area contributed by atoms with Gasteiger partial charge in [-0.2, -0.15) is 0 Å². The van der Waals surface area contributed by atoms with E-state index in [2.05, 4.69) is 15.3 Å². The van der Waals surface area contributed by atoms with Gasteiger partial charge < -0.3 is 15.0 Å². The summed E-state index contributed by atoms with van der Waals surface area (Å²) in [7, 11) is 1.69. The second-order valence-corrected chi connectivity index (χ2v) is 7.16. The Morgan fingerprint density at radius 2 is 1.93 bits per heavy atom. The number of benzene rings is 2. The van der Waals surface area contributed by atoms with Gasteiger partial charge >= 0.3 is 0 Å². The third kappa shape index (κ3) is 4.43. The molecule has 148 valence electrons. The van der Waals surface area contributed by atoms with E-state index >= 15 is 0 Å². The van der Waals surface area contributed by atoms with Gasteiger partial charge in [-0.25, -0.2) is 9.97 Å². The van der Waals surface area contributed by atoms with Crippen LogP contribution in [0.15, 0.2) is 60.7 Å². The third-order valence-corrected chi connectivity index (χ3v) is 5.05. The van der Waals surface area contributed by atoms with E-state index in [-0.39, 0.29) is 12.0 Å². The van der Waals surface area contributed by atoms with Gasteiger partial charge in [-0.1, -0.05) is 36.4 Å². The van der Waals surface area contributed by atoms with Crippen molar-refractivity contribution in [1.29, 1.82) is 0 Å².